The summed E-state index contributed by atoms with van der Waals surface area (Å²) in [4.78, 5) is 2.57. The Morgan fingerprint density at radius 1 is 1.44 bits per heavy atom. The van der Waals surface area contributed by atoms with Crippen molar-refractivity contribution >= 4 is 22.6 Å². The second-order valence-corrected chi connectivity index (χ2v) is 5.48. The maximum atomic E-state index is 3.56. The normalized spacial score (nSPS) is 24.2. The van der Waals surface area contributed by atoms with E-state index in [4.69, 9.17) is 0 Å². The minimum atomic E-state index is 0.509. The molecule has 0 aromatic heterocycles. The Bertz CT molecular complexity index is 315. The van der Waals surface area contributed by atoms with Gasteiger partial charge in [0.2, 0.25) is 0 Å². The summed E-state index contributed by atoms with van der Waals surface area (Å²) in [5.74, 6) is 0. The first kappa shape index (κ1) is 12.3. The van der Waals surface area contributed by atoms with E-state index in [-0.39, 0.29) is 0 Å². The van der Waals surface area contributed by atoms with Gasteiger partial charge in [-0.25, -0.2) is 0 Å². The molecule has 0 bridgehead atoms. The lowest BCUT2D eigenvalue weighted by atomic mass is 10.1. The first-order chi connectivity index (χ1) is 7.81. The Labute approximate surface area is 112 Å². The molecule has 1 N–H and O–H groups in total. The lowest BCUT2D eigenvalue weighted by molar-refractivity contribution is 0.192. The molecule has 1 fully saturated rings. The minimum Gasteiger partial charge on any atom is -0.311 e. The number of nitrogens with one attached hydrogen (secondary N) is 1. The fourth-order valence-electron chi connectivity index (χ4n) is 2.15. The number of halogens is 1. The maximum Gasteiger partial charge on any atom is 0.0875 e. The zero-order valence-electron chi connectivity index (χ0n) is 9.70. The van der Waals surface area contributed by atoms with Crippen LogP contribution in [0.3, 0.4) is 0 Å². The molecular formula is C13H19IN2. The zero-order chi connectivity index (χ0) is 11.4. The van der Waals surface area contributed by atoms with E-state index >= 15 is 0 Å². The van der Waals surface area contributed by atoms with Crippen molar-refractivity contribution in [1.29, 1.82) is 0 Å². The van der Waals surface area contributed by atoms with Crippen LogP contribution < -0.4 is 5.32 Å². The summed E-state index contributed by atoms with van der Waals surface area (Å²) < 4.78 is 0.509. The van der Waals surface area contributed by atoms with Crippen LogP contribution in [0, 0.1) is 0 Å². The lowest BCUT2D eigenvalue weighted by Crippen LogP contribution is -2.50. The lowest BCUT2D eigenvalue weighted by Gasteiger charge is -2.36. The molecule has 0 amide bonds. The number of piperazine rings is 1. The van der Waals surface area contributed by atoms with Crippen LogP contribution in [0.4, 0.5) is 0 Å². The summed E-state index contributed by atoms with van der Waals surface area (Å²) in [7, 11) is 0. The van der Waals surface area contributed by atoms with Gasteiger partial charge in [-0.1, -0.05) is 59.8 Å². The van der Waals surface area contributed by atoms with E-state index in [0.29, 0.717) is 10.1 Å². The molecule has 1 heterocycles. The van der Waals surface area contributed by atoms with Gasteiger partial charge < -0.3 is 5.32 Å². The molecule has 2 rings (SSSR count). The second kappa shape index (κ2) is 5.98. The molecule has 1 aromatic carbocycles. The van der Waals surface area contributed by atoms with Crippen LogP contribution >= 0.6 is 22.6 Å². The SMILES string of the molecule is CCC1CN(C(I)c2ccccc2)CCN1. The van der Waals surface area contributed by atoms with Crippen LogP contribution in [0.1, 0.15) is 23.0 Å². The molecule has 3 heteroatoms. The Morgan fingerprint density at radius 3 is 2.88 bits per heavy atom. The van der Waals surface area contributed by atoms with Gasteiger partial charge in [0.25, 0.3) is 0 Å². The summed E-state index contributed by atoms with van der Waals surface area (Å²) in [6.45, 7) is 5.69. The Kier molecular flexibility index (Phi) is 4.61. The first-order valence-electron chi connectivity index (χ1n) is 5.97. The number of benzene rings is 1. The predicted molar refractivity (Wildman–Crippen MR) is 76.9 cm³/mol. The predicted octanol–water partition coefficient (Wildman–Crippen LogP) is 2.80. The molecule has 2 nitrogen and oxygen atoms in total. The fourth-order valence-corrected chi connectivity index (χ4v) is 3.07. The summed E-state index contributed by atoms with van der Waals surface area (Å²) in [6.07, 6.45) is 1.22. The highest BCUT2D eigenvalue weighted by molar-refractivity contribution is 14.1. The minimum absolute atomic E-state index is 0.509. The molecule has 1 saturated heterocycles. The molecule has 2 atom stereocenters. The van der Waals surface area contributed by atoms with Gasteiger partial charge in [-0.3, -0.25) is 4.90 Å². The van der Waals surface area contributed by atoms with Crippen LogP contribution in [0.15, 0.2) is 30.3 Å². The summed E-state index contributed by atoms with van der Waals surface area (Å²) >= 11 is 2.55. The van der Waals surface area contributed by atoms with Crippen molar-refractivity contribution in [2.24, 2.45) is 0 Å². The van der Waals surface area contributed by atoms with Crippen molar-refractivity contribution in [3.8, 4) is 0 Å². The van der Waals surface area contributed by atoms with Gasteiger partial charge in [0.15, 0.2) is 0 Å². The largest absolute Gasteiger partial charge is 0.311 e. The van der Waals surface area contributed by atoms with Crippen LogP contribution in [0.25, 0.3) is 0 Å². The van der Waals surface area contributed by atoms with E-state index in [1.54, 1.807) is 0 Å². The summed E-state index contributed by atoms with van der Waals surface area (Å²) in [6, 6.07) is 11.4. The van der Waals surface area contributed by atoms with Crippen molar-refractivity contribution in [3.63, 3.8) is 0 Å². The van der Waals surface area contributed by atoms with Gasteiger partial charge >= 0.3 is 0 Å². The highest BCUT2D eigenvalue weighted by Gasteiger charge is 2.23. The molecular weight excluding hydrogens is 311 g/mol. The monoisotopic (exact) mass is 330 g/mol. The van der Waals surface area contributed by atoms with Crippen LogP contribution in [0.2, 0.25) is 0 Å². The fraction of sp³-hybridized carbons (Fsp3) is 0.538. The smallest absolute Gasteiger partial charge is 0.0875 e. The van der Waals surface area contributed by atoms with E-state index in [0.717, 1.165) is 13.1 Å². The number of nitrogens with zero attached hydrogens (tertiary/aromatic N) is 1. The van der Waals surface area contributed by atoms with Crippen LogP contribution in [-0.4, -0.2) is 30.6 Å². The van der Waals surface area contributed by atoms with E-state index in [1.807, 2.05) is 0 Å². The van der Waals surface area contributed by atoms with Crippen LogP contribution in [0.5, 0.6) is 0 Å². The third-order valence-electron chi connectivity index (χ3n) is 3.17. The van der Waals surface area contributed by atoms with Crippen LogP contribution in [-0.2, 0) is 0 Å². The average molecular weight is 330 g/mol. The molecule has 1 aliphatic heterocycles. The Morgan fingerprint density at radius 2 is 2.19 bits per heavy atom. The summed E-state index contributed by atoms with van der Waals surface area (Å²) in [5.41, 5.74) is 1.42. The number of hydrogen-bond donors (Lipinski definition) is 1. The number of rotatable bonds is 3. The van der Waals surface area contributed by atoms with Gasteiger partial charge in [-0.15, -0.1) is 0 Å². The molecule has 1 aliphatic rings. The van der Waals surface area contributed by atoms with E-state index in [2.05, 4.69) is 70.1 Å². The number of hydrogen-bond acceptors (Lipinski definition) is 2. The molecule has 0 radical (unpaired) electrons. The molecule has 0 aliphatic carbocycles. The second-order valence-electron chi connectivity index (χ2n) is 4.30. The van der Waals surface area contributed by atoms with E-state index in [9.17, 15) is 0 Å². The molecule has 2 unspecified atom stereocenters. The van der Waals surface area contributed by atoms with Gasteiger partial charge in [-0.2, -0.15) is 0 Å². The highest BCUT2D eigenvalue weighted by atomic mass is 127. The van der Waals surface area contributed by atoms with E-state index < -0.39 is 0 Å². The molecule has 88 valence electrons. The van der Waals surface area contributed by atoms with Crippen molar-refractivity contribution in [2.75, 3.05) is 19.6 Å². The number of alkyl halides is 1. The Hall–Kier alpha value is -0.130. The zero-order valence-corrected chi connectivity index (χ0v) is 11.9. The van der Waals surface area contributed by atoms with Crippen molar-refractivity contribution in [1.82, 2.24) is 10.2 Å². The van der Waals surface area contributed by atoms with Gasteiger partial charge in [-0.05, 0) is 12.0 Å². The van der Waals surface area contributed by atoms with Gasteiger partial charge in [0, 0.05) is 25.7 Å². The maximum absolute atomic E-state index is 3.56. The Balaban J connectivity index is 2.01. The summed E-state index contributed by atoms with van der Waals surface area (Å²) in [5, 5.41) is 3.56. The van der Waals surface area contributed by atoms with Crippen molar-refractivity contribution in [3.05, 3.63) is 35.9 Å². The third kappa shape index (κ3) is 2.96. The standard InChI is InChI=1S/C13H19IN2/c1-2-12-10-16(9-8-15-12)13(14)11-6-4-3-5-7-11/h3-7,12-13,15H,2,8-10H2,1H3. The first-order valence-corrected chi connectivity index (χ1v) is 7.22. The molecule has 1 aromatic rings. The third-order valence-corrected chi connectivity index (χ3v) is 4.68. The molecule has 16 heavy (non-hydrogen) atoms. The van der Waals surface area contributed by atoms with Crippen molar-refractivity contribution < 1.29 is 0 Å². The highest BCUT2D eigenvalue weighted by Crippen LogP contribution is 2.28. The van der Waals surface area contributed by atoms with Crippen molar-refractivity contribution in [2.45, 2.75) is 23.4 Å². The van der Waals surface area contributed by atoms with E-state index in [1.165, 1.54) is 18.5 Å². The molecule has 0 spiro atoms. The molecule has 0 saturated carbocycles. The van der Waals surface area contributed by atoms with Gasteiger partial charge in [0.05, 0.1) is 4.05 Å². The van der Waals surface area contributed by atoms with Gasteiger partial charge in [0.1, 0.15) is 0 Å². The topological polar surface area (TPSA) is 15.3 Å². The average Bonchev–Trinajstić information content (AvgIpc) is 2.39. The quantitative estimate of drug-likeness (QED) is 0.521.